The summed E-state index contributed by atoms with van der Waals surface area (Å²) in [6, 6.07) is 12.0. The predicted octanol–water partition coefficient (Wildman–Crippen LogP) is 2.15. The average molecular weight is 548 g/mol. The third kappa shape index (κ3) is 7.84. The van der Waals surface area contributed by atoms with Crippen LogP contribution in [0.3, 0.4) is 0 Å². The fourth-order valence-corrected chi connectivity index (χ4v) is 3.04. The van der Waals surface area contributed by atoms with Crippen molar-refractivity contribution in [2.75, 3.05) is 13.2 Å². The van der Waals surface area contributed by atoms with Crippen molar-refractivity contribution >= 4 is 35.6 Å². The SMILES string of the molecule is CCCOC(=O)c1cccc(C(=O)NC(=O)c2cccc(C(=O)NC(=O)c3cccc(C(=O)OCCC)n3)n2)n1. The van der Waals surface area contributed by atoms with Crippen molar-refractivity contribution in [2.24, 2.45) is 0 Å². The van der Waals surface area contributed by atoms with Crippen molar-refractivity contribution in [1.29, 1.82) is 0 Å². The van der Waals surface area contributed by atoms with E-state index in [-0.39, 0.29) is 47.4 Å². The van der Waals surface area contributed by atoms with Crippen LogP contribution in [0.5, 0.6) is 0 Å². The maximum Gasteiger partial charge on any atom is 0.356 e. The van der Waals surface area contributed by atoms with E-state index in [4.69, 9.17) is 9.47 Å². The second-order valence-electron chi connectivity index (χ2n) is 8.06. The van der Waals surface area contributed by atoms with Crippen LogP contribution in [-0.4, -0.2) is 63.7 Å². The van der Waals surface area contributed by atoms with Crippen LogP contribution >= 0.6 is 0 Å². The number of pyridine rings is 3. The third-order valence-electron chi connectivity index (χ3n) is 4.92. The maximum absolute atomic E-state index is 12.6. The largest absolute Gasteiger partial charge is 0.461 e. The molecule has 0 aromatic carbocycles. The molecule has 0 fully saturated rings. The first-order chi connectivity index (χ1) is 19.2. The van der Waals surface area contributed by atoms with Crippen molar-refractivity contribution in [3.8, 4) is 0 Å². The third-order valence-corrected chi connectivity index (χ3v) is 4.92. The lowest BCUT2D eigenvalue weighted by atomic mass is 10.2. The number of carbonyl (C=O) groups excluding carboxylic acids is 6. The van der Waals surface area contributed by atoms with Crippen molar-refractivity contribution in [3.63, 3.8) is 0 Å². The summed E-state index contributed by atoms with van der Waals surface area (Å²) in [6.07, 6.45) is 1.22. The minimum Gasteiger partial charge on any atom is -0.461 e. The molecular formula is C27H25N5O8. The number of nitrogens with one attached hydrogen (secondary N) is 2. The summed E-state index contributed by atoms with van der Waals surface area (Å²) < 4.78 is 9.98. The Bertz CT molecular complexity index is 1350. The van der Waals surface area contributed by atoms with Crippen molar-refractivity contribution in [1.82, 2.24) is 25.6 Å². The molecule has 0 atom stereocenters. The summed E-state index contributed by atoms with van der Waals surface area (Å²) in [5.41, 5.74) is -1.24. The number of carbonyl (C=O) groups is 6. The van der Waals surface area contributed by atoms with Gasteiger partial charge in [0, 0.05) is 0 Å². The molecule has 13 nitrogen and oxygen atoms in total. The first kappa shape index (κ1) is 29.2. The number of imide groups is 2. The highest BCUT2D eigenvalue weighted by Gasteiger charge is 2.20. The standard InChI is InChI=1S/C27H25N5O8/c1-3-14-39-26(37)20-12-6-10-18(29-20)24(35)31-22(33)16-8-5-9-17(28-16)23(34)32-25(36)19-11-7-13-21(30-19)27(38)40-15-4-2/h5-13H,3-4,14-15H2,1-2H3,(H,31,33,35)(H,32,34,36). The van der Waals surface area contributed by atoms with E-state index in [0.717, 1.165) is 0 Å². The summed E-state index contributed by atoms with van der Waals surface area (Å²) in [4.78, 5) is 86.0. The van der Waals surface area contributed by atoms with Gasteiger partial charge in [-0.2, -0.15) is 0 Å². The van der Waals surface area contributed by atoms with E-state index in [0.29, 0.717) is 12.8 Å². The Kier molecular flexibility index (Phi) is 10.2. The molecule has 0 aliphatic carbocycles. The summed E-state index contributed by atoms with van der Waals surface area (Å²) >= 11 is 0. The van der Waals surface area contributed by atoms with E-state index in [1.807, 2.05) is 13.8 Å². The highest BCUT2D eigenvalue weighted by atomic mass is 16.5. The molecule has 13 heteroatoms. The molecule has 3 rings (SSSR count). The number of esters is 2. The fourth-order valence-electron chi connectivity index (χ4n) is 3.04. The number of rotatable bonds is 10. The van der Waals surface area contributed by atoms with E-state index < -0.39 is 35.6 Å². The smallest absolute Gasteiger partial charge is 0.356 e. The van der Waals surface area contributed by atoms with Gasteiger partial charge in [0.1, 0.15) is 34.2 Å². The summed E-state index contributed by atoms with van der Waals surface area (Å²) in [5.74, 6) is -5.15. The summed E-state index contributed by atoms with van der Waals surface area (Å²) in [7, 11) is 0. The first-order valence-corrected chi connectivity index (χ1v) is 12.2. The molecule has 40 heavy (non-hydrogen) atoms. The molecule has 3 aromatic rings. The Hall–Kier alpha value is -5.33. The second-order valence-corrected chi connectivity index (χ2v) is 8.06. The Morgan fingerprint density at radius 1 is 0.525 bits per heavy atom. The second kappa shape index (κ2) is 14.0. The lowest BCUT2D eigenvalue weighted by Crippen LogP contribution is -2.34. The molecule has 0 bridgehead atoms. The van der Waals surface area contributed by atoms with Gasteiger partial charge in [0.25, 0.3) is 23.6 Å². The molecule has 0 unspecified atom stereocenters. The van der Waals surface area contributed by atoms with E-state index in [1.165, 1.54) is 54.6 Å². The topological polar surface area (TPSA) is 184 Å². The molecule has 0 spiro atoms. The van der Waals surface area contributed by atoms with Gasteiger partial charge in [-0.25, -0.2) is 24.5 Å². The fraction of sp³-hybridized carbons (Fsp3) is 0.222. The molecule has 4 amide bonds. The maximum atomic E-state index is 12.6. The molecule has 3 heterocycles. The zero-order chi connectivity index (χ0) is 29.1. The number of hydrogen-bond acceptors (Lipinski definition) is 11. The van der Waals surface area contributed by atoms with E-state index in [2.05, 4.69) is 25.6 Å². The predicted molar refractivity (Wildman–Crippen MR) is 137 cm³/mol. The normalized spacial score (nSPS) is 10.2. The van der Waals surface area contributed by atoms with E-state index in [1.54, 1.807) is 0 Å². The quantitative estimate of drug-likeness (QED) is 0.280. The Morgan fingerprint density at radius 2 is 0.800 bits per heavy atom. The molecule has 0 saturated carbocycles. The van der Waals surface area contributed by atoms with Gasteiger partial charge in [0.05, 0.1) is 13.2 Å². The summed E-state index contributed by atoms with van der Waals surface area (Å²) in [6.45, 7) is 4.02. The van der Waals surface area contributed by atoms with Crippen LogP contribution in [0.2, 0.25) is 0 Å². The molecule has 0 aliphatic rings. The van der Waals surface area contributed by atoms with Gasteiger partial charge in [-0.05, 0) is 49.2 Å². The van der Waals surface area contributed by atoms with Gasteiger partial charge in [-0.1, -0.05) is 32.0 Å². The summed E-state index contributed by atoms with van der Waals surface area (Å²) in [5, 5.41) is 4.16. The lowest BCUT2D eigenvalue weighted by molar-refractivity contribution is 0.0488. The van der Waals surface area contributed by atoms with E-state index in [9.17, 15) is 28.8 Å². The van der Waals surface area contributed by atoms with Crippen LogP contribution in [0.1, 0.15) is 89.6 Å². The van der Waals surface area contributed by atoms with Crippen LogP contribution in [0.15, 0.2) is 54.6 Å². The molecule has 206 valence electrons. The molecule has 2 N–H and O–H groups in total. The number of nitrogens with zero attached hydrogens (tertiary/aromatic N) is 3. The molecule has 0 radical (unpaired) electrons. The van der Waals surface area contributed by atoms with Crippen LogP contribution in [0.4, 0.5) is 0 Å². The Balaban J connectivity index is 1.66. The van der Waals surface area contributed by atoms with Crippen LogP contribution < -0.4 is 10.6 Å². The monoisotopic (exact) mass is 547 g/mol. The number of hydrogen-bond donors (Lipinski definition) is 2. The van der Waals surface area contributed by atoms with Crippen molar-refractivity contribution in [2.45, 2.75) is 26.7 Å². The molecule has 0 aliphatic heterocycles. The number of ether oxygens (including phenoxy) is 2. The zero-order valence-electron chi connectivity index (χ0n) is 21.6. The number of amides is 4. The highest BCUT2D eigenvalue weighted by Crippen LogP contribution is 2.06. The molecular weight excluding hydrogens is 522 g/mol. The van der Waals surface area contributed by atoms with Crippen LogP contribution in [0.25, 0.3) is 0 Å². The van der Waals surface area contributed by atoms with Gasteiger partial charge < -0.3 is 9.47 Å². The van der Waals surface area contributed by atoms with Gasteiger partial charge in [0.2, 0.25) is 0 Å². The minimum atomic E-state index is -0.952. The molecule has 3 aromatic heterocycles. The van der Waals surface area contributed by atoms with Gasteiger partial charge in [0.15, 0.2) is 0 Å². The average Bonchev–Trinajstić information content (AvgIpc) is 2.98. The van der Waals surface area contributed by atoms with E-state index >= 15 is 0 Å². The van der Waals surface area contributed by atoms with Crippen molar-refractivity contribution < 1.29 is 38.2 Å². The Morgan fingerprint density at radius 3 is 1.10 bits per heavy atom. The minimum absolute atomic E-state index is 0.104. The Labute approximate surface area is 228 Å². The van der Waals surface area contributed by atoms with Crippen molar-refractivity contribution in [3.05, 3.63) is 88.8 Å². The van der Waals surface area contributed by atoms with Crippen LogP contribution in [-0.2, 0) is 9.47 Å². The first-order valence-electron chi connectivity index (χ1n) is 12.2. The zero-order valence-corrected chi connectivity index (χ0v) is 21.6. The molecule has 0 saturated heterocycles. The lowest BCUT2D eigenvalue weighted by Gasteiger charge is -2.07. The highest BCUT2D eigenvalue weighted by molar-refractivity contribution is 6.11. The van der Waals surface area contributed by atoms with Gasteiger partial charge >= 0.3 is 11.9 Å². The van der Waals surface area contributed by atoms with Gasteiger partial charge in [-0.3, -0.25) is 29.8 Å². The van der Waals surface area contributed by atoms with Gasteiger partial charge in [-0.15, -0.1) is 0 Å². The van der Waals surface area contributed by atoms with Crippen LogP contribution in [0, 0.1) is 0 Å². The number of aromatic nitrogens is 3.